The minimum Gasteiger partial charge on any atom is -0.496 e. The molecule has 1 heterocycles. The quantitative estimate of drug-likeness (QED) is 0.797. The Labute approximate surface area is 99.4 Å². The summed E-state index contributed by atoms with van der Waals surface area (Å²) in [4.78, 5) is 0. The predicted octanol–water partition coefficient (Wildman–Crippen LogP) is 2.22. The smallest absolute Gasteiger partial charge is 0.183 e. The molecule has 0 saturated carbocycles. The van der Waals surface area contributed by atoms with Crippen LogP contribution < -0.4 is 10.1 Å². The van der Waals surface area contributed by atoms with Gasteiger partial charge in [-0.3, -0.25) is 0 Å². The Balaban J connectivity index is 2.41. The van der Waals surface area contributed by atoms with Crippen LogP contribution in [0.4, 0.5) is 5.82 Å². The van der Waals surface area contributed by atoms with Crippen LogP contribution in [-0.4, -0.2) is 23.6 Å². The molecular formula is C12H16N2O3. The van der Waals surface area contributed by atoms with Crippen molar-refractivity contribution >= 4 is 16.8 Å². The topological polar surface area (TPSA) is 67.5 Å². The van der Waals surface area contributed by atoms with Gasteiger partial charge in [0.05, 0.1) is 7.11 Å². The first-order valence-electron chi connectivity index (χ1n) is 5.50. The molecule has 0 saturated heterocycles. The molecule has 2 rings (SSSR count). The number of aliphatic hydroxyl groups is 1. The molecule has 5 nitrogen and oxygen atoms in total. The Morgan fingerprint density at radius 2 is 2.18 bits per heavy atom. The molecule has 0 aliphatic heterocycles. The second-order valence-corrected chi connectivity index (χ2v) is 4.20. The van der Waals surface area contributed by atoms with Gasteiger partial charge in [0.2, 0.25) is 0 Å². The van der Waals surface area contributed by atoms with Crippen LogP contribution in [0.3, 0.4) is 0 Å². The first-order valence-corrected chi connectivity index (χ1v) is 5.50. The average molecular weight is 236 g/mol. The molecule has 0 aliphatic rings. The van der Waals surface area contributed by atoms with Crippen molar-refractivity contribution in [2.75, 3.05) is 12.4 Å². The number of hydrogen-bond acceptors (Lipinski definition) is 5. The predicted molar refractivity (Wildman–Crippen MR) is 65.0 cm³/mol. The molecular weight excluding hydrogens is 220 g/mol. The summed E-state index contributed by atoms with van der Waals surface area (Å²) in [6.45, 7) is 3.83. The average Bonchev–Trinajstić information content (AvgIpc) is 2.72. The summed E-state index contributed by atoms with van der Waals surface area (Å²) in [5, 5.41) is 17.3. The van der Waals surface area contributed by atoms with E-state index >= 15 is 0 Å². The molecule has 1 unspecified atom stereocenters. The molecule has 0 aliphatic carbocycles. The van der Waals surface area contributed by atoms with E-state index in [9.17, 15) is 5.11 Å². The molecule has 0 spiro atoms. The van der Waals surface area contributed by atoms with Gasteiger partial charge in [-0.2, -0.15) is 0 Å². The van der Waals surface area contributed by atoms with Gasteiger partial charge in [-0.05, 0) is 18.1 Å². The molecule has 2 aromatic rings. The number of nitrogens with one attached hydrogen (secondary N) is 1. The highest BCUT2D eigenvalue weighted by atomic mass is 16.5. The van der Waals surface area contributed by atoms with Crippen molar-refractivity contribution in [1.82, 2.24) is 5.16 Å². The molecule has 0 fully saturated rings. The molecule has 92 valence electrons. The van der Waals surface area contributed by atoms with Crippen LogP contribution in [0.25, 0.3) is 11.0 Å². The minimum atomic E-state index is -0.673. The molecule has 1 atom stereocenters. The molecule has 2 N–H and O–H groups in total. The monoisotopic (exact) mass is 236 g/mol. The van der Waals surface area contributed by atoms with Gasteiger partial charge in [0.25, 0.3) is 0 Å². The summed E-state index contributed by atoms with van der Waals surface area (Å²) >= 11 is 0. The highest BCUT2D eigenvalue weighted by molar-refractivity contribution is 5.93. The Hall–Kier alpha value is -1.75. The number of benzene rings is 1. The number of fused-ring (bicyclic) bond motifs is 1. The number of rotatable bonds is 4. The van der Waals surface area contributed by atoms with Crippen molar-refractivity contribution in [2.45, 2.75) is 20.1 Å². The van der Waals surface area contributed by atoms with Gasteiger partial charge in [0.1, 0.15) is 17.4 Å². The Bertz CT molecular complexity index is 507. The number of methoxy groups -OCH3 is 1. The number of nitrogens with zero attached hydrogens (tertiary/aromatic N) is 1. The third-order valence-electron chi connectivity index (χ3n) is 2.60. The molecule has 0 radical (unpaired) electrons. The van der Waals surface area contributed by atoms with Crippen molar-refractivity contribution < 1.29 is 14.4 Å². The van der Waals surface area contributed by atoms with Gasteiger partial charge >= 0.3 is 0 Å². The van der Waals surface area contributed by atoms with E-state index in [0.717, 1.165) is 5.39 Å². The fraction of sp³-hybridized carbons (Fsp3) is 0.417. The first kappa shape index (κ1) is 11.7. The lowest BCUT2D eigenvalue weighted by atomic mass is 10.2. The van der Waals surface area contributed by atoms with Crippen molar-refractivity contribution in [2.24, 2.45) is 5.92 Å². The Kier molecular flexibility index (Phi) is 3.19. The maximum absolute atomic E-state index is 9.79. The SMILES string of the molecule is COc1cccc2onc(NC(O)C(C)C)c12. The van der Waals surface area contributed by atoms with Crippen LogP contribution in [0.2, 0.25) is 0 Å². The molecule has 1 aromatic carbocycles. The van der Waals surface area contributed by atoms with Crippen molar-refractivity contribution in [1.29, 1.82) is 0 Å². The van der Waals surface area contributed by atoms with Crippen LogP contribution in [0.15, 0.2) is 22.7 Å². The summed E-state index contributed by atoms with van der Waals surface area (Å²) in [6.07, 6.45) is -0.673. The Morgan fingerprint density at radius 1 is 1.41 bits per heavy atom. The van der Waals surface area contributed by atoms with Crippen molar-refractivity contribution in [3.63, 3.8) is 0 Å². The van der Waals surface area contributed by atoms with Crippen molar-refractivity contribution in [3.05, 3.63) is 18.2 Å². The molecule has 0 amide bonds. The van der Waals surface area contributed by atoms with Crippen molar-refractivity contribution in [3.8, 4) is 5.75 Å². The molecule has 1 aromatic heterocycles. The lowest BCUT2D eigenvalue weighted by Crippen LogP contribution is -2.24. The lowest BCUT2D eigenvalue weighted by Gasteiger charge is -2.15. The van der Waals surface area contributed by atoms with E-state index in [-0.39, 0.29) is 5.92 Å². The van der Waals surface area contributed by atoms with Gasteiger partial charge in [-0.15, -0.1) is 0 Å². The van der Waals surface area contributed by atoms with Gasteiger partial charge < -0.3 is 19.7 Å². The number of hydrogen-bond donors (Lipinski definition) is 2. The van der Waals surface area contributed by atoms with Gasteiger partial charge in [-0.25, -0.2) is 0 Å². The molecule has 17 heavy (non-hydrogen) atoms. The standard InChI is InChI=1S/C12H16N2O3/c1-7(2)12(15)13-11-10-8(16-3)5-4-6-9(10)17-14-11/h4-7,12,15H,1-3H3,(H,13,14). The third kappa shape index (κ3) is 2.19. The maximum atomic E-state index is 9.79. The number of aliphatic hydroxyl groups excluding tert-OH is 1. The number of anilines is 1. The second-order valence-electron chi connectivity index (χ2n) is 4.20. The van der Waals surface area contributed by atoms with E-state index in [1.807, 2.05) is 26.0 Å². The summed E-state index contributed by atoms with van der Waals surface area (Å²) < 4.78 is 10.4. The maximum Gasteiger partial charge on any atom is 0.183 e. The van der Waals surface area contributed by atoms with E-state index in [4.69, 9.17) is 9.26 Å². The minimum absolute atomic E-state index is 0.0801. The van der Waals surface area contributed by atoms with E-state index < -0.39 is 6.23 Å². The highest BCUT2D eigenvalue weighted by Crippen LogP contribution is 2.32. The van der Waals surface area contributed by atoms with E-state index in [1.165, 1.54) is 0 Å². The summed E-state index contributed by atoms with van der Waals surface area (Å²) in [5.74, 6) is 1.25. The van der Waals surface area contributed by atoms with Gasteiger partial charge in [0, 0.05) is 0 Å². The molecule has 5 heteroatoms. The van der Waals surface area contributed by atoms with Crippen LogP contribution in [0.5, 0.6) is 5.75 Å². The van der Waals surface area contributed by atoms with Crippen LogP contribution >= 0.6 is 0 Å². The normalized spacial score (nSPS) is 13.0. The highest BCUT2D eigenvalue weighted by Gasteiger charge is 2.17. The van der Waals surface area contributed by atoms with E-state index in [2.05, 4.69) is 10.5 Å². The zero-order valence-corrected chi connectivity index (χ0v) is 10.1. The van der Waals surface area contributed by atoms with Gasteiger partial charge in [0.15, 0.2) is 11.4 Å². The summed E-state index contributed by atoms with van der Waals surface area (Å²) in [5.41, 5.74) is 0.628. The molecule has 0 bridgehead atoms. The first-order chi connectivity index (χ1) is 8.13. The zero-order valence-electron chi connectivity index (χ0n) is 10.1. The lowest BCUT2D eigenvalue weighted by molar-refractivity contribution is 0.152. The van der Waals surface area contributed by atoms with Crippen LogP contribution in [-0.2, 0) is 0 Å². The van der Waals surface area contributed by atoms with Crippen LogP contribution in [0, 0.1) is 5.92 Å². The largest absolute Gasteiger partial charge is 0.496 e. The van der Waals surface area contributed by atoms with E-state index in [0.29, 0.717) is 17.2 Å². The number of ether oxygens (including phenoxy) is 1. The fourth-order valence-corrected chi connectivity index (χ4v) is 1.54. The Morgan fingerprint density at radius 3 is 2.82 bits per heavy atom. The summed E-state index contributed by atoms with van der Waals surface area (Å²) in [7, 11) is 1.59. The summed E-state index contributed by atoms with van der Waals surface area (Å²) in [6, 6.07) is 5.46. The third-order valence-corrected chi connectivity index (χ3v) is 2.60. The van der Waals surface area contributed by atoms with Gasteiger partial charge in [-0.1, -0.05) is 25.1 Å². The number of aromatic nitrogens is 1. The fourth-order valence-electron chi connectivity index (χ4n) is 1.54. The van der Waals surface area contributed by atoms with E-state index in [1.54, 1.807) is 13.2 Å². The van der Waals surface area contributed by atoms with Crippen LogP contribution in [0.1, 0.15) is 13.8 Å². The zero-order chi connectivity index (χ0) is 12.4. The second kappa shape index (κ2) is 4.63.